The molecular weight excluding hydrogens is 172 g/mol. The van der Waals surface area contributed by atoms with Gasteiger partial charge in [0.2, 0.25) is 0 Å². The molecule has 1 heterocycles. The smallest absolute Gasteiger partial charge is 0.270 e. The molecule has 1 aliphatic rings. The molecule has 1 aliphatic heterocycles. The summed E-state index contributed by atoms with van der Waals surface area (Å²) in [7, 11) is 0. The van der Waals surface area contributed by atoms with E-state index in [1.165, 1.54) is 0 Å². The summed E-state index contributed by atoms with van der Waals surface area (Å²) in [6.07, 6.45) is -0.0347. The second-order valence-electron chi connectivity index (χ2n) is 4.91. The van der Waals surface area contributed by atoms with Gasteiger partial charge in [0.15, 0.2) is 0 Å². The minimum absolute atomic E-state index is 0.208. The molecule has 0 saturated carbocycles. The van der Waals surface area contributed by atoms with Crippen LogP contribution in [0.25, 0.3) is 0 Å². The van der Waals surface area contributed by atoms with E-state index >= 15 is 0 Å². The van der Waals surface area contributed by atoms with Crippen LogP contribution in [-0.4, -0.2) is 12.6 Å². The maximum absolute atomic E-state index is 12.2. The van der Waals surface area contributed by atoms with Crippen molar-refractivity contribution in [1.82, 2.24) is 5.32 Å². The van der Waals surface area contributed by atoms with Gasteiger partial charge in [-0.2, -0.15) is 8.78 Å². The van der Waals surface area contributed by atoms with E-state index < -0.39 is 6.08 Å². The summed E-state index contributed by atoms with van der Waals surface area (Å²) in [4.78, 5) is 0. The molecular formula is C10H17F2N. The lowest BCUT2D eigenvalue weighted by Crippen LogP contribution is -2.26. The van der Waals surface area contributed by atoms with Crippen molar-refractivity contribution in [2.75, 3.05) is 6.54 Å². The van der Waals surface area contributed by atoms with Gasteiger partial charge in [-0.15, -0.1) is 0 Å². The monoisotopic (exact) mass is 189 g/mol. The van der Waals surface area contributed by atoms with Gasteiger partial charge in [-0.1, -0.05) is 20.8 Å². The topological polar surface area (TPSA) is 12.0 Å². The lowest BCUT2D eigenvalue weighted by atomic mass is 9.87. The fraction of sp³-hybridized carbons (Fsp3) is 0.800. The van der Waals surface area contributed by atoms with E-state index in [9.17, 15) is 8.78 Å². The minimum Gasteiger partial charge on any atom is -0.310 e. The van der Waals surface area contributed by atoms with E-state index in [0.717, 1.165) is 6.42 Å². The highest BCUT2D eigenvalue weighted by atomic mass is 19.3. The van der Waals surface area contributed by atoms with E-state index in [2.05, 4.69) is 26.1 Å². The predicted molar refractivity (Wildman–Crippen MR) is 49.7 cm³/mol. The molecule has 3 heteroatoms. The number of hydrogen-bond acceptors (Lipinski definition) is 1. The van der Waals surface area contributed by atoms with Crippen molar-refractivity contribution in [3.63, 3.8) is 0 Å². The minimum atomic E-state index is -1.50. The number of rotatable bonds is 1. The maximum Gasteiger partial charge on any atom is 0.270 e. The van der Waals surface area contributed by atoms with Crippen molar-refractivity contribution >= 4 is 0 Å². The van der Waals surface area contributed by atoms with Crippen molar-refractivity contribution in [3.05, 3.63) is 11.7 Å². The highest BCUT2D eigenvalue weighted by Gasteiger charge is 2.26. The van der Waals surface area contributed by atoms with Gasteiger partial charge in [-0.3, -0.25) is 0 Å². The largest absolute Gasteiger partial charge is 0.310 e. The Morgan fingerprint density at radius 2 is 2.08 bits per heavy atom. The molecule has 0 spiro atoms. The maximum atomic E-state index is 12.2. The molecule has 0 amide bonds. The van der Waals surface area contributed by atoms with Crippen LogP contribution >= 0.6 is 0 Å². The second kappa shape index (κ2) is 3.74. The molecule has 0 aliphatic carbocycles. The third-order valence-corrected chi connectivity index (χ3v) is 2.22. The number of nitrogens with one attached hydrogen (secondary N) is 1. The Hall–Kier alpha value is -0.440. The first kappa shape index (κ1) is 10.6. The Balaban J connectivity index is 2.47. The van der Waals surface area contributed by atoms with E-state index in [1.807, 2.05) is 0 Å². The van der Waals surface area contributed by atoms with Crippen LogP contribution in [0, 0.1) is 5.41 Å². The number of halogens is 2. The summed E-state index contributed by atoms with van der Waals surface area (Å²) in [5.41, 5.74) is 0.495. The predicted octanol–water partition coefficient (Wildman–Crippen LogP) is 2.94. The molecule has 0 aromatic carbocycles. The van der Waals surface area contributed by atoms with Crippen LogP contribution in [-0.2, 0) is 0 Å². The van der Waals surface area contributed by atoms with Crippen molar-refractivity contribution < 1.29 is 8.78 Å². The van der Waals surface area contributed by atoms with E-state index in [-0.39, 0.29) is 17.0 Å². The van der Waals surface area contributed by atoms with Crippen LogP contribution in [0.2, 0.25) is 0 Å². The lowest BCUT2D eigenvalue weighted by Gasteiger charge is -2.22. The fourth-order valence-corrected chi connectivity index (χ4v) is 1.74. The molecule has 0 aromatic heterocycles. The molecule has 0 radical (unpaired) electrons. The molecule has 1 fully saturated rings. The Morgan fingerprint density at radius 1 is 1.46 bits per heavy atom. The van der Waals surface area contributed by atoms with Crippen molar-refractivity contribution in [3.8, 4) is 0 Å². The van der Waals surface area contributed by atoms with Gasteiger partial charge in [0.05, 0.1) is 0 Å². The highest BCUT2D eigenvalue weighted by molar-refractivity contribution is 5.12. The Morgan fingerprint density at radius 3 is 2.46 bits per heavy atom. The molecule has 1 nitrogen and oxygen atoms in total. The van der Waals surface area contributed by atoms with Gasteiger partial charge in [-0.05, 0) is 18.3 Å². The quantitative estimate of drug-likeness (QED) is 0.668. The summed E-state index contributed by atoms with van der Waals surface area (Å²) in [6.45, 7) is 6.75. The summed E-state index contributed by atoms with van der Waals surface area (Å²) in [5.74, 6) is 0. The van der Waals surface area contributed by atoms with Crippen LogP contribution in [0.1, 0.15) is 33.6 Å². The first-order valence-electron chi connectivity index (χ1n) is 4.65. The van der Waals surface area contributed by atoms with Crippen molar-refractivity contribution in [2.24, 2.45) is 5.41 Å². The molecule has 76 valence electrons. The summed E-state index contributed by atoms with van der Waals surface area (Å²) < 4.78 is 24.4. The zero-order valence-corrected chi connectivity index (χ0v) is 8.45. The number of hydrogen-bond donors (Lipinski definition) is 1. The molecule has 1 saturated heterocycles. The first-order valence-corrected chi connectivity index (χ1v) is 4.65. The average Bonchev–Trinajstić information content (AvgIpc) is 2.31. The van der Waals surface area contributed by atoms with E-state index in [1.54, 1.807) is 0 Å². The molecule has 0 bridgehead atoms. The third kappa shape index (κ3) is 3.43. The van der Waals surface area contributed by atoms with Crippen LogP contribution in [0.15, 0.2) is 11.7 Å². The Labute approximate surface area is 78.2 Å². The lowest BCUT2D eigenvalue weighted by molar-refractivity contribution is 0.326. The summed E-state index contributed by atoms with van der Waals surface area (Å²) >= 11 is 0. The van der Waals surface area contributed by atoms with Gasteiger partial charge in [-0.25, -0.2) is 0 Å². The van der Waals surface area contributed by atoms with Gasteiger partial charge in [0.1, 0.15) is 0 Å². The summed E-state index contributed by atoms with van der Waals surface area (Å²) in [6, 6.07) is 0.233. The van der Waals surface area contributed by atoms with Gasteiger partial charge in [0, 0.05) is 18.2 Å². The standard InChI is InChI=1S/C10H17F2N/c1-10(2,3)5-8-4-7(6-13-8)9(11)12/h8,13H,4-6H2,1-3H3. The highest BCUT2D eigenvalue weighted by Crippen LogP contribution is 2.28. The van der Waals surface area contributed by atoms with Crippen LogP contribution < -0.4 is 5.32 Å². The zero-order valence-electron chi connectivity index (χ0n) is 8.45. The van der Waals surface area contributed by atoms with Crippen LogP contribution in [0.5, 0.6) is 0 Å². The molecule has 0 aromatic rings. The van der Waals surface area contributed by atoms with Gasteiger partial charge < -0.3 is 5.32 Å². The van der Waals surface area contributed by atoms with Crippen molar-refractivity contribution in [2.45, 2.75) is 39.7 Å². The second-order valence-corrected chi connectivity index (χ2v) is 4.91. The Bertz CT molecular complexity index is 211. The normalized spacial score (nSPS) is 23.8. The fourth-order valence-electron chi connectivity index (χ4n) is 1.74. The zero-order chi connectivity index (χ0) is 10.1. The van der Waals surface area contributed by atoms with E-state index in [0.29, 0.717) is 13.0 Å². The average molecular weight is 189 g/mol. The van der Waals surface area contributed by atoms with Gasteiger partial charge >= 0.3 is 0 Å². The Kier molecular flexibility index (Phi) is 3.06. The molecule has 1 atom stereocenters. The van der Waals surface area contributed by atoms with E-state index in [4.69, 9.17) is 0 Å². The molecule has 1 unspecified atom stereocenters. The SMILES string of the molecule is CC(C)(C)CC1CC(=C(F)F)CN1. The third-order valence-electron chi connectivity index (χ3n) is 2.22. The van der Waals surface area contributed by atoms with Crippen molar-refractivity contribution in [1.29, 1.82) is 0 Å². The summed E-state index contributed by atoms with van der Waals surface area (Å²) in [5, 5.41) is 3.11. The van der Waals surface area contributed by atoms with Gasteiger partial charge in [0.25, 0.3) is 6.08 Å². The van der Waals surface area contributed by atoms with Crippen LogP contribution in [0.4, 0.5) is 8.78 Å². The molecule has 1 rings (SSSR count). The molecule has 1 N–H and O–H groups in total. The first-order chi connectivity index (χ1) is 5.88. The molecule has 13 heavy (non-hydrogen) atoms. The van der Waals surface area contributed by atoms with Crippen LogP contribution in [0.3, 0.4) is 0 Å².